The van der Waals surface area contributed by atoms with Gasteiger partial charge in [0, 0.05) is 22.0 Å². The number of carbonyl (C=O) groups excluding carboxylic acids is 1. The highest BCUT2D eigenvalue weighted by atomic mass is 35.5. The van der Waals surface area contributed by atoms with Crippen molar-refractivity contribution >= 4 is 34.9 Å². The monoisotopic (exact) mass is 501 g/mol. The molecule has 33 heavy (non-hydrogen) atoms. The fourth-order valence-electron chi connectivity index (χ4n) is 3.88. The third-order valence-electron chi connectivity index (χ3n) is 5.52. The van der Waals surface area contributed by atoms with Gasteiger partial charge in [0.25, 0.3) is 5.60 Å². The largest absolute Gasteiger partial charge is 0.456 e. The zero-order valence-electron chi connectivity index (χ0n) is 18.6. The summed E-state index contributed by atoms with van der Waals surface area (Å²) in [6.45, 7) is 7.36. The molecule has 1 heterocycles. The van der Waals surface area contributed by atoms with E-state index in [2.05, 4.69) is 5.16 Å². The highest BCUT2D eigenvalue weighted by Crippen LogP contribution is 2.49. The van der Waals surface area contributed by atoms with Gasteiger partial charge in [0.15, 0.2) is 0 Å². The number of rotatable bonds is 6. The number of alkyl halides is 3. The fourth-order valence-corrected chi connectivity index (χ4v) is 4.40. The van der Waals surface area contributed by atoms with Crippen LogP contribution in [-0.4, -0.2) is 23.5 Å². The lowest BCUT2D eigenvalue weighted by Crippen LogP contribution is -2.42. The van der Waals surface area contributed by atoms with Gasteiger partial charge >= 0.3 is 12.1 Å². The quantitative estimate of drug-likeness (QED) is 0.382. The first-order chi connectivity index (χ1) is 15.3. The second-order valence-corrected chi connectivity index (χ2v) is 9.59. The molecule has 0 saturated carbocycles. The average Bonchev–Trinajstić information content (AvgIpc) is 3.13. The van der Waals surface area contributed by atoms with Crippen molar-refractivity contribution in [3.8, 4) is 0 Å². The van der Waals surface area contributed by atoms with Crippen LogP contribution in [0.2, 0.25) is 10.0 Å². The van der Waals surface area contributed by atoms with E-state index in [0.29, 0.717) is 23.1 Å². The molecule has 0 bridgehead atoms. The number of carbonyl (C=O) groups is 1. The van der Waals surface area contributed by atoms with Gasteiger partial charge < -0.3 is 9.57 Å². The molecule has 1 atom stereocenters. The molecule has 4 nitrogen and oxygen atoms in total. The topological polar surface area (TPSA) is 47.9 Å². The van der Waals surface area contributed by atoms with Crippen LogP contribution in [-0.2, 0) is 15.2 Å². The SMILES string of the molecule is CCCC(C)(C)OC(=O)c1ccc(C2=NOC(c3cc(Cl)cc(Cl)c3)(C(F)(F)F)C2)cc1C. The number of halogens is 5. The Balaban J connectivity index is 1.89. The van der Waals surface area contributed by atoms with Gasteiger partial charge in [-0.3, -0.25) is 0 Å². The highest BCUT2D eigenvalue weighted by Gasteiger charge is 2.62. The normalized spacial score (nSPS) is 18.6. The maximum absolute atomic E-state index is 14.2. The maximum atomic E-state index is 14.2. The molecule has 0 aromatic heterocycles. The first kappa shape index (κ1) is 25.4. The molecule has 0 aliphatic carbocycles. The lowest BCUT2D eigenvalue weighted by atomic mass is 9.86. The molecule has 1 unspecified atom stereocenters. The Labute approximate surface area is 200 Å². The summed E-state index contributed by atoms with van der Waals surface area (Å²) in [5.41, 5.74) is -2.17. The number of hydrogen-bond acceptors (Lipinski definition) is 4. The summed E-state index contributed by atoms with van der Waals surface area (Å²) >= 11 is 11.9. The molecule has 0 radical (unpaired) electrons. The second kappa shape index (κ2) is 9.18. The fraction of sp³-hybridized carbons (Fsp3) is 0.417. The average molecular weight is 502 g/mol. The van der Waals surface area contributed by atoms with E-state index in [-0.39, 0.29) is 21.3 Å². The van der Waals surface area contributed by atoms with Crippen molar-refractivity contribution in [2.45, 2.75) is 64.3 Å². The summed E-state index contributed by atoms with van der Waals surface area (Å²) in [7, 11) is 0. The third-order valence-corrected chi connectivity index (χ3v) is 5.95. The molecule has 2 aromatic carbocycles. The van der Waals surface area contributed by atoms with E-state index in [1.807, 2.05) is 20.8 Å². The Kier molecular flexibility index (Phi) is 7.06. The number of ether oxygens (including phenoxy) is 1. The Morgan fingerprint density at radius 3 is 2.33 bits per heavy atom. The summed E-state index contributed by atoms with van der Waals surface area (Å²) < 4.78 is 48.1. The van der Waals surface area contributed by atoms with E-state index in [0.717, 1.165) is 6.42 Å². The first-order valence-corrected chi connectivity index (χ1v) is 11.2. The van der Waals surface area contributed by atoms with E-state index >= 15 is 0 Å². The molecule has 9 heteroatoms. The van der Waals surface area contributed by atoms with Crippen molar-refractivity contribution in [2.24, 2.45) is 5.16 Å². The van der Waals surface area contributed by atoms with Crippen molar-refractivity contribution in [1.29, 1.82) is 0 Å². The van der Waals surface area contributed by atoms with Crippen LogP contribution in [0.3, 0.4) is 0 Å². The minimum absolute atomic E-state index is 0.0582. The van der Waals surface area contributed by atoms with E-state index < -0.39 is 29.8 Å². The Morgan fingerprint density at radius 1 is 1.15 bits per heavy atom. The summed E-state index contributed by atoms with van der Waals surface area (Å²) in [6, 6.07) is 8.35. The predicted octanol–water partition coefficient (Wildman–Crippen LogP) is 7.62. The minimum Gasteiger partial charge on any atom is -0.456 e. The van der Waals surface area contributed by atoms with Gasteiger partial charge in [0.2, 0.25) is 0 Å². The molecule has 0 N–H and O–H groups in total. The van der Waals surface area contributed by atoms with Gasteiger partial charge in [-0.25, -0.2) is 4.79 Å². The smallest absolute Gasteiger partial charge is 0.435 e. The van der Waals surface area contributed by atoms with Gasteiger partial charge in [0.05, 0.1) is 11.3 Å². The Morgan fingerprint density at radius 2 is 1.79 bits per heavy atom. The zero-order valence-corrected chi connectivity index (χ0v) is 20.2. The molecule has 178 valence electrons. The number of esters is 1. The molecule has 0 saturated heterocycles. The molecular formula is C24H24Cl2F3NO3. The maximum Gasteiger partial charge on any atom is 0.435 e. The van der Waals surface area contributed by atoms with E-state index in [1.165, 1.54) is 30.3 Å². The molecule has 0 fully saturated rings. The Hall–Kier alpha value is -2.25. The van der Waals surface area contributed by atoms with Crippen LogP contribution in [0.1, 0.15) is 67.1 Å². The van der Waals surface area contributed by atoms with Gasteiger partial charge in [-0.2, -0.15) is 13.2 Å². The van der Waals surface area contributed by atoms with Gasteiger partial charge in [-0.15, -0.1) is 0 Å². The van der Waals surface area contributed by atoms with Crippen LogP contribution in [0.25, 0.3) is 0 Å². The number of hydrogen-bond donors (Lipinski definition) is 0. The molecule has 0 spiro atoms. The van der Waals surface area contributed by atoms with Gasteiger partial charge in [-0.1, -0.05) is 47.8 Å². The number of benzene rings is 2. The van der Waals surface area contributed by atoms with Crippen LogP contribution >= 0.6 is 23.2 Å². The van der Waals surface area contributed by atoms with Crippen molar-refractivity contribution in [1.82, 2.24) is 0 Å². The number of aryl methyl sites for hydroxylation is 1. The third kappa shape index (κ3) is 5.30. The molecule has 1 aliphatic heterocycles. The lowest BCUT2D eigenvalue weighted by molar-refractivity contribution is -0.275. The van der Waals surface area contributed by atoms with E-state index in [1.54, 1.807) is 13.0 Å². The molecule has 0 amide bonds. The standard InChI is InChI=1S/C24H24Cl2F3NO3/c1-5-8-22(3,4)32-21(31)19-7-6-15(9-14(19)2)20-13-23(33-30-20,24(27,28)29)16-10-17(25)12-18(26)11-16/h6-7,9-12H,5,8,13H2,1-4H3. The van der Waals surface area contributed by atoms with Crippen molar-refractivity contribution in [2.75, 3.05) is 0 Å². The van der Waals surface area contributed by atoms with Gasteiger partial charge in [0.1, 0.15) is 5.60 Å². The van der Waals surface area contributed by atoms with Crippen molar-refractivity contribution < 1.29 is 27.5 Å². The van der Waals surface area contributed by atoms with E-state index in [4.69, 9.17) is 32.8 Å². The van der Waals surface area contributed by atoms with E-state index in [9.17, 15) is 18.0 Å². The van der Waals surface area contributed by atoms with Gasteiger partial charge in [-0.05, 0) is 68.7 Å². The highest BCUT2D eigenvalue weighted by molar-refractivity contribution is 6.34. The molecule has 2 aromatic rings. The van der Waals surface area contributed by atoms with Crippen LogP contribution in [0.15, 0.2) is 41.6 Å². The Bertz CT molecular complexity index is 1080. The molecular weight excluding hydrogens is 478 g/mol. The van der Waals surface area contributed by atoms with Crippen molar-refractivity contribution in [3.05, 3.63) is 68.7 Å². The van der Waals surface area contributed by atoms with Crippen LogP contribution in [0.4, 0.5) is 13.2 Å². The van der Waals surface area contributed by atoms with Crippen LogP contribution in [0.5, 0.6) is 0 Å². The van der Waals surface area contributed by atoms with Crippen molar-refractivity contribution in [3.63, 3.8) is 0 Å². The summed E-state index contributed by atoms with van der Waals surface area (Å²) in [4.78, 5) is 17.7. The molecule has 1 aliphatic rings. The molecule has 3 rings (SSSR count). The summed E-state index contributed by atoms with van der Waals surface area (Å²) in [6.07, 6.45) is -3.79. The zero-order chi connectivity index (χ0) is 24.6. The van der Waals surface area contributed by atoms with Crippen LogP contribution in [0, 0.1) is 6.92 Å². The number of nitrogens with zero attached hydrogens (tertiary/aromatic N) is 1. The minimum atomic E-state index is -4.78. The lowest BCUT2D eigenvalue weighted by Gasteiger charge is -2.29. The second-order valence-electron chi connectivity index (χ2n) is 8.72. The summed E-state index contributed by atoms with van der Waals surface area (Å²) in [5, 5.41) is 3.87. The summed E-state index contributed by atoms with van der Waals surface area (Å²) in [5.74, 6) is -0.486. The predicted molar refractivity (Wildman–Crippen MR) is 122 cm³/mol. The number of oxime groups is 1. The van der Waals surface area contributed by atoms with Crippen LogP contribution < -0.4 is 0 Å². The first-order valence-electron chi connectivity index (χ1n) is 10.4.